The summed E-state index contributed by atoms with van der Waals surface area (Å²) >= 11 is 0. The highest BCUT2D eigenvalue weighted by atomic mass is 35.5. The average Bonchev–Trinajstić information content (AvgIpc) is 2.92. The van der Waals surface area contributed by atoms with Gasteiger partial charge in [0.1, 0.15) is 11.6 Å². The Bertz CT molecular complexity index is 580. The molecule has 3 nitrogen and oxygen atoms in total. The van der Waals surface area contributed by atoms with Crippen LogP contribution >= 0.6 is 12.4 Å². The minimum Gasteiger partial charge on any atom is -0.317 e. The van der Waals surface area contributed by atoms with Crippen molar-refractivity contribution in [2.75, 3.05) is 13.1 Å². The molecule has 0 aliphatic carbocycles. The molecule has 0 amide bonds. The number of halogens is 3. The van der Waals surface area contributed by atoms with Gasteiger partial charge in [0.15, 0.2) is 0 Å². The van der Waals surface area contributed by atoms with E-state index in [-0.39, 0.29) is 18.0 Å². The highest BCUT2D eigenvalue weighted by Crippen LogP contribution is 2.28. The molecule has 108 valence electrons. The molecule has 2 heterocycles. The van der Waals surface area contributed by atoms with Crippen molar-refractivity contribution in [2.45, 2.75) is 18.8 Å². The summed E-state index contributed by atoms with van der Waals surface area (Å²) in [6.07, 6.45) is 2.07. The number of piperidine rings is 1. The third kappa shape index (κ3) is 2.99. The van der Waals surface area contributed by atoms with E-state index in [2.05, 4.69) is 15.5 Å². The lowest BCUT2D eigenvalue weighted by Crippen LogP contribution is -2.26. The largest absolute Gasteiger partial charge is 0.317 e. The van der Waals surface area contributed by atoms with Gasteiger partial charge in [0, 0.05) is 17.2 Å². The first kappa shape index (κ1) is 14.9. The number of rotatable bonds is 2. The summed E-state index contributed by atoms with van der Waals surface area (Å²) in [5, 5.41) is 10.4. The average molecular weight is 300 g/mol. The molecular weight excluding hydrogens is 284 g/mol. The SMILES string of the molecule is Cl.Fc1ccc(F)c(-c2cc(C3CCNCC3)[nH]n2)c1. The van der Waals surface area contributed by atoms with Crippen molar-refractivity contribution in [1.82, 2.24) is 15.5 Å². The molecule has 2 aromatic rings. The van der Waals surface area contributed by atoms with Crippen LogP contribution in [-0.4, -0.2) is 23.3 Å². The topological polar surface area (TPSA) is 40.7 Å². The Hall–Kier alpha value is -1.46. The van der Waals surface area contributed by atoms with Gasteiger partial charge in [0.2, 0.25) is 0 Å². The Morgan fingerprint density at radius 1 is 1.10 bits per heavy atom. The molecule has 0 saturated carbocycles. The number of aromatic nitrogens is 2. The second-order valence-corrected chi connectivity index (χ2v) is 4.86. The van der Waals surface area contributed by atoms with Crippen LogP contribution in [0.2, 0.25) is 0 Å². The zero-order valence-electron chi connectivity index (χ0n) is 10.8. The quantitative estimate of drug-likeness (QED) is 0.894. The fourth-order valence-corrected chi connectivity index (χ4v) is 2.51. The summed E-state index contributed by atoms with van der Waals surface area (Å²) < 4.78 is 26.9. The van der Waals surface area contributed by atoms with E-state index in [1.807, 2.05) is 6.07 Å². The molecule has 6 heteroatoms. The summed E-state index contributed by atoms with van der Waals surface area (Å²) in [5.74, 6) is -0.494. The number of nitrogens with one attached hydrogen (secondary N) is 2. The van der Waals surface area contributed by atoms with Crippen molar-refractivity contribution in [3.8, 4) is 11.3 Å². The summed E-state index contributed by atoms with van der Waals surface area (Å²) in [5.41, 5.74) is 1.67. The number of hydrogen-bond acceptors (Lipinski definition) is 2. The highest BCUT2D eigenvalue weighted by Gasteiger charge is 2.18. The first-order chi connectivity index (χ1) is 9.24. The summed E-state index contributed by atoms with van der Waals surface area (Å²) in [6, 6.07) is 5.24. The molecule has 0 unspecified atom stereocenters. The Labute approximate surface area is 122 Å². The Morgan fingerprint density at radius 3 is 2.60 bits per heavy atom. The summed E-state index contributed by atoms with van der Waals surface area (Å²) in [7, 11) is 0. The van der Waals surface area contributed by atoms with Gasteiger partial charge in [-0.25, -0.2) is 8.78 Å². The maximum Gasteiger partial charge on any atom is 0.132 e. The van der Waals surface area contributed by atoms with E-state index in [1.165, 1.54) is 6.07 Å². The van der Waals surface area contributed by atoms with E-state index in [0.717, 1.165) is 43.8 Å². The van der Waals surface area contributed by atoms with Crippen molar-refractivity contribution in [3.63, 3.8) is 0 Å². The predicted octanol–water partition coefficient (Wildman–Crippen LogP) is 3.24. The second-order valence-electron chi connectivity index (χ2n) is 4.86. The van der Waals surface area contributed by atoms with Gasteiger partial charge in [-0.2, -0.15) is 5.10 Å². The van der Waals surface area contributed by atoms with Crippen molar-refractivity contribution in [2.24, 2.45) is 0 Å². The molecule has 3 rings (SSSR count). The van der Waals surface area contributed by atoms with Crippen molar-refractivity contribution >= 4 is 12.4 Å². The van der Waals surface area contributed by atoms with E-state index in [1.54, 1.807) is 0 Å². The van der Waals surface area contributed by atoms with Crippen LogP contribution in [0.1, 0.15) is 24.5 Å². The molecule has 0 atom stereocenters. The molecule has 1 saturated heterocycles. The van der Waals surface area contributed by atoms with Gasteiger partial charge in [-0.1, -0.05) is 0 Å². The van der Waals surface area contributed by atoms with Crippen LogP contribution in [0, 0.1) is 11.6 Å². The lowest BCUT2D eigenvalue weighted by Gasteiger charge is -2.20. The number of H-pyrrole nitrogens is 1. The van der Waals surface area contributed by atoms with Crippen LogP contribution in [0.3, 0.4) is 0 Å². The molecule has 1 fully saturated rings. The van der Waals surface area contributed by atoms with Crippen LogP contribution in [0.15, 0.2) is 24.3 Å². The third-order valence-electron chi connectivity index (χ3n) is 3.58. The molecule has 1 aliphatic rings. The molecule has 0 radical (unpaired) electrons. The van der Waals surface area contributed by atoms with E-state index in [9.17, 15) is 8.78 Å². The molecule has 0 bridgehead atoms. The van der Waals surface area contributed by atoms with E-state index in [0.29, 0.717) is 11.6 Å². The predicted molar refractivity (Wildman–Crippen MR) is 76.0 cm³/mol. The third-order valence-corrected chi connectivity index (χ3v) is 3.58. The summed E-state index contributed by atoms with van der Waals surface area (Å²) in [6.45, 7) is 1.96. The Morgan fingerprint density at radius 2 is 1.85 bits per heavy atom. The Kier molecular flexibility index (Phi) is 4.73. The molecule has 1 aromatic heterocycles. The van der Waals surface area contributed by atoms with Crippen LogP contribution in [0.5, 0.6) is 0 Å². The second kappa shape index (κ2) is 6.33. The lowest BCUT2D eigenvalue weighted by molar-refractivity contribution is 0.453. The van der Waals surface area contributed by atoms with Gasteiger partial charge >= 0.3 is 0 Å². The molecule has 1 aromatic carbocycles. The minimum absolute atomic E-state index is 0. The monoisotopic (exact) mass is 299 g/mol. The van der Waals surface area contributed by atoms with Gasteiger partial charge < -0.3 is 5.32 Å². The summed E-state index contributed by atoms with van der Waals surface area (Å²) in [4.78, 5) is 0. The van der Waals surface area contributed by atoms with Gasteiger partial charge in [-0.15, -0.1) is 12.4 Å². The number of hydrogen-bond donors (Lipinski definition) is 2. The zero-order chi connectivity index (χ0) is 13.2. The fourth-order valence-electron chi connectivity index (χ4n) is 2.51. The van der Waals surface area contributed by atoms with Crippen LogP contribution < -0.4 is 5.32 Å². The Balaban J connectivity index is 0.00000147. The molecule has 1 aliphatic heterocycles. The lowest BCUT2D eigenvalue weighted by atomic mass is 9.94. The zero-order valence-corrected chi connectivity index (χ0v) is 11.6. The van der Waals surface area contributed by atoms with Crippen molar-refractivity contribution in [1.29, 1.82) is 0 Å². The molecular formula is C14H16ClF2N3. The van der Waals surface area contributed by atoms with Crippen molar-refractivity contribution in [3.05, 3.63) is 41.6 Å². The minimum atomic E-state index is -0.456. The van der Waals surface area contributed by atoms with Gasteiger partial charge in [0.05, 0.1) is 5.69 Å². The van der Waals surface area contributed by atoms with Crippen molar-refractivity contribution < 1.29 is 8.78 Å². The number of nitrogens with zero attached hydrogens (tertiary/aromatic N) is 1. The standard InChI is InChI=1S/C14H15F2N3.ClH/c15-10-1-2-12(16)11(7-10)14-8-13(18-19-14)9-3-5-17-6-4-9;/h1-2,7-9,17H,3-6H2,(H,18,19);1H. The van der Waals surface area contributed by atoms with Crippen LogP contribution in [0.4, 0.5) is 8.78 Å². The maximum atomic E-state index is 13.7. The normalized spacial score (nSPS) is 15.9. The fraction of sp³-hybridized carbons (Fsp3) is 0.357. The molecule has 2 N–H and O–H groups in total. The van der Waals surface area contributed by atoms with E-state index in [4.69, 9.17) is 0 Å². The van der Waals surface area contributed by atoms with Gasteiger partial charge in [-0.3, -0.25) is 5.10 Å². The smallest absolute Gasteiger partial charge is 0.132 e. The first-order valence-electron chi connectivity index (χ1n) is 6.45. The van der Waals surface area contributed by atoms with E-state index < -0.39 is 11.6 Å². The molecule has 0 spiro atoms. The van der Waals surface area contributed by atoms with Gasteiger partial charge in [-0.05, 0) is 50.2 Å². The van der Waals surface area contributed by atoms with Gasteiger partial charge in [0.25, 0.3) is 0 Å². The van der Waals surface area contributed by atoms with Crippen LogP contribution in [-0.2, 0) is 0 Å². The highest BCUT2D eigenvalue weighted by molar-refractivity contribution is 5.85. The maximum absolute atomic E-state index is 13.7. The first-order valence-corrected chi connectivity index (χ1v) is 6.45. The number of benzene rings is 1. The number of aromatic amines is 1. The van der Waals surface area contributed by atoms with E-state index >= 15 is 0 Å². The van der Waals surface area contributed by atoms with Crippen LogP contribution in [0.25, 0.3) is 11.3 Å². The molecule has 20 heavy (non-hydrogen) atoms.